The number of carbonyl (C=O) groups is 1. The summed E-state index contributed by atoms with van der Waals surface area (Å²) in [6.07, 6.45) is 3.11. The number of benzene rings is 2. The molecule has 2 aromatic carbocycles. The first-order valence-corrected chi connectivity index (χ1v) is 8.29. The highest BCUT2D eigenvalue weighted by molar-refractivity contribution is 6.32. The predicted octanol–water partition coefficient (Wildman–Crippen LogP) is 4.40. The van der Waals surface area contributed by atoms with Gasteiger partial charge in [-0.2, -0.15) is 0 Å². The average molecular weight is 388 g/mol. The van der Waals surface area contributed by atoms with Crippen molar-refractivity contribution in [2.45, 2.75) is 0 Å². The lowest BCUT2D eigenvalue weighted by Crippen LogP contribution is -2.05. The van der Waals surface area contributed by atoms with Gasteiger partial charge in [-0.05, 0) is 48.0 Å². The van der Waals surface area contributed by atoms with E-state index in [-0.39, 0.29) is 24.0 Å². The van der Waals surface area contributed by atoms with Crippen molar-refractivity contribution in [3.63, 3.8) is 0 Å². The van der Waals surface area contributed by atoms with Gasteiger partial charge in [-0.3, -0.25) is 0 Å². The maximum Gasteiger partial charge on any atom is 0.363 e. The summed E-state index contributed by atoms with van der Waals surface area (Å²) in [5, 5.41) is 0.317. The van der Waals surface area contributed by atoms with Crippen LogP contribution in [-0.4, -0.2) is 25.6 Å². The molecule has 0 fully saturated rings. The minimum atomic E-state index is -0.614. The zero-order valence-corrected chi connectivity index (χ0v) is 15.1. The van der Waals surface area contributed by atoms with E-state index in [0.29, 0.717) is 27.6 Å². The van der Waals surface area contributed by atoms with Gasteiger partial charge in [-0.25, -0.2) is 14.2 Å². The summed E-state index contributed by atoms with van der Waals surface area (Å²) in [5.41, 5.74) is 1.17. The third kappa shape index (κ3) is 4.17. The van der Waals surface area contributed by atoms with Gasteiger partial charge in [0.15, 0.2) is 17.2 Å². The molecule has 7 heteroatoms. The normalized spacial score (nSPS) is 14.7. The first-order valence-electron chi connectivity index (χ1n) is 7.91. The summed E-state index contributed by atoms with van der Waals surface area (Å²) >= 11 is 6.25. The number of rotatable bonds is 6. The van der Waals surface area contributed by atoms with Gasteiger partial charge in [0.05, 0.1) is 12.1 Å². The molecule has 1 heterocycles. The van der Waals surface area contributed by atoms with Gasteiger partial charge in [-0.1, -0.05) is 24.3 Å². The van der Waals surface area contributed by atoms with Crippen molar-refractivity contribution in [3.05, 3.63) is 76.7 Å². The van der Waals surface area contributed by atoms with Crippen LogP contribution in [0, 0.1) is 5.82 Å². The summed E-state index contributed by atoms with van der Waals surface area (Å²) in [5.74, 6) is -0.109. The number of nitrogens with zero attached hydrogens (tertiary/aromatic N) is 1. The second kappa shape index (κ2) is 8.05. The van der Waals surface area contributed by atoms with Gasteiger partial charge in [0.25, 0.3) is 0 Å². The van der Waals surface area contributed by atoms with E-state index < -0.39 is 5.97 Å². The number of aliphatic imine (C=N–C) groups is 1. The second-order valence-corrected chi connectivity index (χ2v) is 5.88. The van der Waals surface area contributed by atoms with Gasteiger partial charge < -0.3 is 14.2 Å². The van der Waals surface area contributed by atoms with Crippen molar-refractivity contribution in [1.82, 2.24) is 0 Å². The average Bonchev–Trinajstić information content (AvgIpc) is 3.01. The van der Waals surface area contributed by atoms with E-state index in [4.69, 9.17) is 25.8 Å². The molecule has 138 valence electrons. The van der Waals surface area contributed by atoms with E-state index in [1.807, 2.05) is 0 Å². The SMILES string of the molecule is C=CCOc1c(Cl)cc(/C=C2\N=C(c3ccc(F)cc3)OC2=O)cc1OC. The molecule has 0 bridgehead atoms. The molecule has 0 amide bonds. The van der Waals surface area contributed by atoms with Crippen LogP contribution in [0.2, 0.25) is 5.02 Å². The Morgan fingerprint density at radius 2 is 2.04 bits per heavy atom. The van der Waals surface area contributed by atoms with Crippen LogP contribution in [-0.2, 0) is 9.53 Å². The van der Waals surface area contributed by atoms with Gasteiger partial charge >= 0.3 is 5.97 Å². The molecule has 0 unspecified atom stereocenters. The molecule has 0 aromatic heterocycles. The van der Waals surface area contributed by atoms with Crippen molar-refractivity contribution in [3.8, 4) is 11.5 Å². The Hall–Kier alpha value is -3.12. The van der Waals surface area contributed by atoms with Crippen molar-refractivity contribution >= 4 is 29.5 Å². The van der Waals surface area contributed by atoms with Gasteiger partial charge in [0.2, 0.25) is 5.90 Å². The number of ether oxygens (including phenoxy) is 3. The Labute approximate surface area is 160 Å². The third-order valence-electron chi connectivity index (χ3n) is 3.61. The Bertz CT molecular complexity index is 951. The summed E-state index contributed by atoms with van der Waals surface area (Å²) in [7, 11) is 1.48. The summed E-state index contributed by atoms with van der Waals surface area (Å²) in [6.45, 7) is 3.86. The molecule has 0 atom stereocenters. The molecule has 3 rings (SSSR count). The predicted molar refractivity (Wildman–Crippen MR) is 101 cm³/mol. The lowest BCUT2D eigenvalue weighted by atomic mass is 10.1. The van der Waals surface area contributed by atoms with Crippen molar-refractivity contribution in [2.24, 2.45) is 4.99 Å². The first kappa shape index (κ1) is 18.7. The molecule has 0 aliphatic carbocycles. The van der Waals surface area contributed by atoms with Gasteiger partial charge in [0, 0.05) is 5.56 Å². The Morgan fingerprint density at radius 1 is 1.30 bits per heavy atom. The Balaban J connectivity index is 1.93. The van der Waals surface area contributed by atoms with E-state index in [2.05, 4.69) is 11.6 Å². The van der Waals surface area contributed by atoms with Crippen LogP contribution in [0.15, 0.2) is 59.7 Å². The number of hydrogen-bond donors (Lipinski definition) is 0. The van der Waals surface area contributed by atoms with Crippen LogP contribution in [0.3, 0.4) is 0 Å². The second-order valence-electron chi connectivity index (χ2n) is 5.48. The summed E-state index contributed by atoms with van der Waals surface area (Å²) in [4.78, 5) is 16.3. The monoisotopic (exact) mass is 387 g/mol. The smallest absolute Gasteiger partial charge is 0.363 e. The standard InChI is InChI=1S/C20H15ClFNO4/c1-3-8-26-18-15(21)9-12(11-17(18)25-2)10-16-20(24)27-19(23-16)13-4-6-14(22)7-5-13/h3-7,9-11H,1,8H2,2H3/b16-10-. The minimum Gasteiger partial charge on any atom is -0.493 e. The topological polar surface area (TPSA) is 57.1 Å². The maximum atomic E-state index is 13.0. The molecule has 1 aliphatic rings. The quantitative estimate of drug-likeness (QED) is 0.419. The summed E-state index contributed by atoms with van der Waals surface area (Å²) in [6, 6.07) is 8.77. The Morgan fingerprint density at radius 3 is 2.70 bits per heavy atom. The lowest BCUT2D eigenvalue weighted by molar-refractivity contribution is -0.129. The number of halogens is 2. The number of hydrogen-bond acceptors (Lipinski definition) is 5. The van der Waals surface area contributed by atoms with Crippen LogP contribution in [0.5, 0.6) is 11.5 Å². The molecule has 0 radical (unpaired) electrons. The minimum absolute atomic E-state index is 0.0900. The lowest BCUT2D eigenvalue weighted by Gasteiger charge is -2.12. The molecule has 1 aliphatic heterocycles. The maximum absolute atomic E-state index is 13.0. The van der Waals surface area contributed by atoms with Crippen LogP contribution in [0.1, 0.15) is 11.1 Å². The molecule has 2 aromatic rings. The third-order valence-corrected chi connectivity index (χ3v) is 3.89. The number of methoxy groups -OCH3 is 1. The van der Waals surface area contributed by atoms with Crippen LogP contribution in [0.25, 0.3) is 6.08 Å². The zero-order valence-electron chi connectivity index (χ0n) is 14.4. The van der Waals surface area contributed by atoms with Gasteiger partial charge in [-0.15, -0.1) is 0 Å². The van der Waals surface area contributed by atoms with E-state index >= 15 is 0 Å². The fourth-order valence-corrected chi connectivity index (χ4v) is 2.66. The van der Waals surface area contributed by atoms with E-state index in [9.17, 15) is 9.18 Å². The molecule has 0 spiro atoms. The largest absolute Gasteiger partial charge is 0.493 e. The van der Waals surface area contributed by atoms with Crippen LogP contribution < -0.4 is 9.47 Å². The highest BCUT2D eigenvalue weighted by Crippen LogP contribution is 2.37. The van der Waals surface area contributed by atoms with E-state index in [0.717, 1.165) is 0 Å². The van der Waals surface area contributed by atoms with Crippen LogP contribution >= 0.6 is 11.6 Å². The molecule has 0 saturated carbocycles. The molecular formula is C20H15ClFNO4. The van der Waals surface area contributed by atoms with Crippen molar-refractivity contribution in [2.75, 3.05) is 13.7 Å². The highest BCUT2D eigenvalue weighted by Gasteiger charge is 2.24. The molecule has 0 saturated heterocycles. The molecule has 0 N–H and O–H groups in total. The zero-order chi connectivity index (χ0) is 19.4. The molecular weight excluding hydrogens is 373 g/mol. The highest BCUT2D eigenvalue weighted by atomic mass is 35.5. The number of cyclic esters (lactones) is 1. The summed E-state index contributed by atoms with van der Waals surface area (Å²) < 4.78 is 29.0. The first-order chi connectivity index (χ1) is 13.0. The fraction of sp³-hybridized carbons (Fsp3) is 0.100. The molecule has 27 heavy (non-hydrogen) atoms. The van der Waals surface area contributed by atoms with Gasteiger partial charge in [0.1, 0.15) is 12.4 Å². The van der Waals surface area contributed by atoms with E-state index in [1.165, 1.54) is 37.5 Å². The van der Waals surface area contributed by atoms with Crippen LogP contribution in [0.4, 0.5) is 4.39 Å². The number of esters is 1. The number of carbonyl (C=O) groups excluding carboxylic acids is 1. The fourth-order valence-electron chi connectivity index (χ4n) is 2.39. The van der Waals surface area contributed by atoms with E-state index in [1.54, 1.807) is 18.2 Å². The Kier molecular flexibility index (Phi) is 5.57. The van der Waals surface area contributed by atoms with Crippen molar-refractivity contribution in [1.29, 1.82) is 0 Å². The van der Waals surface area contributed by atoms with Crippen molar-refractivity contribution < 1.29 is 23.4 Å². The molecule has 5 nitrogen and oxygen atoms in total.